The number of piperazine rings is 1. The predicted octanol–water partition coefficient (Wildman–Crippen LogP) is 2.92. The van der Waals surface area contributed by atoms with Gasteiger partial charge in [0.05, 0.1) is 6.04 Å². The van der Waals surface area contributed by atoms with Gasteiger partial charge < -0.3 is 14.7 Å². The van der Waals surface area contributed by atoms with Crippen LogP contribution in [0, 0.1) is 13.8 Å². The summed E-state index contributed by atoms with van der Waals surface area (Å²) in [7, 11) is -3.94. The smallest absolute Gasteiger partial charge is 0.246 e. The molecule has 1 atom stereocenters. The first-order valence-electron chi connectivity index (χ1n) is 11.6. The Morgan fingerprint density at radius 3 is 2.29 bits per heavy atom. The number of carbonyl (C=O) groups is 1. The van der Waals surface area contributed by atoms with Gasteiger partial charge in [0.15, 0.2) is 5.76 Å². The fourth-order valence-corrected chi connectivity index (χ4v) is 5.75. The first kappa shape index (κ1) is 24.9. The summed E-state index contributed by atoms with van der Waals surface area (Å²) in [4.78, 5) is 17.3. The Hall–Kier alpha value is -3.21. The lowest BCUT2D eigenvalue weighted by molar-refractivity contribution is -0.117. The molecule has 0 bridgehead atoms. The highest BCUT2D eigenvalue weighted by atomic mass is 32.2. The van der Waals surface area contributed by atoms with Gasteiger partial charge in [-0.15, -0.1) is 0 Å². The van der Waals surface area contributed by atoms with Gasteiger partial charge in [-0.2, -0.15) is 4.72 Å². The Bertz CT molecular complexity index is 1230. The average molecular weight is 498 g/mol. The van der Waals surface area contributed by atoms with Gasteiger partial charge in [0, 0.05) is 44.1 Å². The molecular weight excluding hydrogens is 466 g/mol. The van der Waals surface area contributed by atoms with E-state index in [1.54, 1.807) is 6.92 Å². The predicted molar refractivity (Wildman–Crippen MR) is 135 cm³/mol. The molecule has 4 rings (SSSR count). The zero-order valence-electron chi connectivity index (χ0n) is 20.2. The molecule has 2 N–H and O–H groups in total. The lowest BCUT2D eigenvalue weighted by atomic mass is 10.2. The lowest BCUT2D eigenvalue weighted by Gasteiger charge is -2.36. The number of anilines is 2. The van der Waals surface area contributed by atoms with Crippen LogP contribution in [0.3, 0.4) is 0 Å². The van der Waals surface area contributed by atoms with Crippen molar-refractivity contribution in [1.29, 1.82) is 0 Å². The maximum atomic E-state index is 12.6. The Labute approximate surface area is 206 Å². The second-order valence-corrected chi connectivity index (χ2v) is 10.4. The molecule has 1 aromatic heterocycles. The normalized spacial score (nSPS) is 15.7. The van der Waals surface area contributed by atoms with Crippen molar-refractivity contribution in [3.05, 3.63) is 71.6 Å². The fourth-order valence-electron chi connectivity index (χ4n) is 4.22. The standard InChI is InChI=1S/C25H31N5O4S/c1-18-24(20(3)34-27-18)35(32,33)28-19(2)25(31)26-22-9-11-23(12-10-22)30-15-13-29(14-16-30)17-21-7-5-4-6-8-21/h4-12,19,28H,13-17H2,1-3H3,(H,26,31). The largest absolute Gasteiger partial charge is 0.369 e. The van der Waals surface area contributed by atoms with E-state index in [1.807, 2.05) is 30.3 Å². The maximum Gasteiger partial charge on any atom is 0.246 e. The number of rotatable bonds is 8. The molecule has 0 spiro atoms. The minimum atomic E-state index is -3.94. The van der Waals surface area contributed by atoms with Crippen LogP contribution in [0.1, 0.15) is 23.9 Å². The quantitative estimate of drug-likeness (QED) is 0.493. The number of nitrogens with zero attached hydrogens (tertiary/aromatic N) is 3. The van der Waals surface area contributed by atoms with Crippen LogP contribution in [-0.4, -0.2) is 56.6 Å². The van der Waals surface area contributed by atoms with E-state index >= 15 is 0 Å². The molecule has 1 aliphatic rings. The van der Waals surface area contributed by atoms with Gasteiger partial charge in [-0.3, -0.25) is 9.69 Å². The number of amides is 1. The summed E-state index contributed by atoms with van der Waals surface area (Å²) in [5.74, 6) is -0.276. The molecule has 1 saturated heterocycles. The second kappa shape index (κ2) is 10.6. The van der Waals surface area contributed by atoms with Crippen molar-refractivity contribution >= 4 is 27.3 Å². The van der Waals surface area contributed by atoms with E-state index in [4.69, 9.17) is 4.52 Å². The summed E-state index contributed by atoms with van der Waals surface area (Å²) < 4.78 is 32.6. The summed E-state index contributed by atoms with van der Waals surface area (Å²) in [6.07, 6.45) is 0. The monoisotopic (exact) mass is 497 g/mol. The molecule has 0 saturated carbocycles. The van der Waals surface area contributed by atoms with Crippen molar-refractivity contribution in [2.75, 3.05) is 36.4 Å². The fraction of sp³-hybridized carbons (Fsp3) is 0.360. The third kappa shape index (κ3) is 6.08. The summed E-state index contributed by atoms with van der Waals surface area (Å²) in [5, 5.41) is 6.44. The van der Waals surface area contributed by atoms with Crippen LogP contribution < -0.4 is 14.9 Å². The number of nitrogens with one attached hydrogen (secondary N) is 2. The number of benzene rings is 2. The molecule has 1 amide bonds. The molecular formula is C25H31N5O4S. The molecule has 0 aliphatic carbocycles. The first-order chi connectivity index (χ1) is 16.7. The third-order valence-electron chi connectivity index (χ3n) is 6.08. The van der Waals surface area contributed by atoms with Gasteiger partial charge in [0.25, 0.3) is 0 Å². The van der Waals surface area contributed by atoms with Crippen LogP contribution in [-0.2, 0) is 21.4 Å². The SMILES string of the molecule is Cc1noc(C)c1S(=O)(=O)NC(C)C(=O)Nc1ccc(N2CCN(Cc3ccccc3)CC2)cc1. The third-order valence-corrected chi connectivity index (χ3v) is 7.87. The number of aryl methyl sites for hydroxylation is 2. The molecule has 35 heavy (non-hydrogen) atoms. The molecule has 3 aromatic rings. The molecule has 1 fully saturated rings. The zero-order chi connectivity index (χ0) is 25.0. The van der Waals surface area contributed by atoms with Crippen molar-refractivity contribution in [2.45, 2.75) is 38.3 Å². The Kier molecular flexibility index (Phi) is 7.54. The highest BCUT2D eigenvalue weighted by Crippen LogP contribution is 2.21. The Balaban J connectivity index is 1.29. The van der Waals surface area contributed by atoms with E-state index in [9.17, 15) is 13.2 Å². The summed E-state index contributed by atoms with van der Waals surface area (Å²) >= 11 is 0. The highest BCUT2D eigenvalue weighted by molar-refractivity contribution is 7.89. The maximum absolute atomic E-state index is 12.6. The van der Waals surface area contributed by atoms with Crippen LogP contribution in [0.15, 0.2) is 64.0 Å². The number of carbonyl (C=O) groups excluding carboxylic acids is 1. The van der Waals surface area contributed by atoms with Gasteiger partial charge in [0.2, 0.25) is 15.9 Å². The molecule has 0 radical (unpaired) electrons. The molecule has 2 heterocycles. The van der Waals surface area contributed by atoms with Crippen LogP contribution in [0.2, 0.25) is 0 Å². The Morgan fingerprint density at radius 2 is 1.69 bits per heavy atom. The van der Waals surface area contributed by atoms with Crippen molar-refractivity contribution in [3.63, 3.8) is 0 Å². The van der Waals surface area contributed by atoms with Crippen molar-refractivity contribution in [1.82, 2.24) is 14.8 Å². The Morgan fingerprint density at radius 1 is 1.03 bits per heavy atom. The van der Waals surface area contributed by atoms with Gasteiger partial charge in [0.1, 0.15) is 10.6 Å². The zero-order valence-corrected chi connectivity index (χ0v) is 21.0. The van der Waals surface area contributed by atoms with Crippen LogP contribution >= 0.6 is 0 Å². The molecule has 1 unspecified atom stereocenters. The van der Waals surface area contributed by atoms with Crippen LogP contribution in [0.4, 0.5) is 11.4 Å². The number of sulfonamides is 1. The lowest BCUT2D eigenvalue weighted by Crippen LogP contribution is -2.45. The van der Waals surface area contributed by atoms with Gasteiger partial charge in [-0.1, -0.05) is 35.5 Å². The van der Waals surface area contributed by atoms with Gasteiger partial charge in [-0.05, 0) is 50.6 Å². The second-order valence-electron chi connectivity index (χ2n) is 8.78. The van der Waals surface area contributed by atoms with Gasteiger partial charge in [-0.25, -0.2) is 8.42 Å². The number of hydrogen-bond donors (Lipinski definition) is 2. The van der Waals surface area contributed by atoms with Crippen molar-refractivity contribution in [3.8, 4) is 0 Å². The summed E-state index contributed by atoms with van der Waals surface area (Å²) in [6, 6.07) is 17.1. The molecule has 1 aliphatic heterocycles. The van der Waals surface area contributed by atoms with E-state index in [0.29, 0.717) is 5.69 Å². The number of hydrogen-bond acceptors (Lipinski definition) is 7. The topological polar surface area (TPSA) is 108 Å². The van der Waals surface area contributed by atoms with Gasteiger partial charge >= 0.3 is 0 Å². The van der Waals surface area contributed by atoms with E-state index in [2.05, 4.69) is 49.3 Å². The van der Waals surface area contributed by atoms with E-state index in [0.717, 1.165) is 38.4 Å². The average Bonchev–Trinajstić information content (AvgIpc) is 3.19. The van der Waals surface area contributed by atoms with Crippen molar-refractivity contribution < 1.29 is 17.7 Å². The van der Waals surface area contributed by atoms with E-state index in [1.165, 1.54) is 19.4 Å². The molecule has 186 valence electrons. The summed E-state index contributed by atoms with van der Waals surface area (Å²) in [6.45, 7) is 9.33. The molecule has 10 heteroatoms. The molecule has 9 nitrogen and oxygen atoms in total. The van der Waals surface area contributed by atoms with Crippen LogP contribution in [0.5, 0.6) is 0 Å². The first-order valence-corrected chi connectivity index (χ1v) is 13.1. The van der Waals surface area contributed by atoms with E-state index < -0.39 is 22.0 Å². The van der Waals surface area contributed by atoms with Crippen molar-refractivity contribution in [2.24, 2.45) is 0 Å². The minimum absolute atomic E-state index is 0.0367. The summed E-state index contributed by atoms with van der Waals surface area (Å²) in [5.41, 5.74) is 3.27. The molecule has 2 aromatic carbocycles. The van der Waals surface area contributed by atoms with E-state index in [-0.39, 0.29) is 16.3 Å². The highest BCUT2D eigenvalue weighted by Gasteiger charge is 2.28. The van der Waals surface area contributed by atoms with Crippen LogP contribution in [0.25, 0.3) is 0 Å². The number of aromatic nitrogens is 1. The minimum Gasteiger partial charge on any atom is -0.369 e.